The quantitative estimate of drug-likeness (QED) is 0.432. The summed E-state index contributed by atoms with van der Waals surface area (Å²) in [5.74, 6) is 0.791. The van der Waals surface area contributed by atoms with Crippen molar-refractivity contribution in [3.63, 3.8) is 0 Å². The van der Waals surface area contributed by atoms with Crippen molar-refractivity contribution in [1.29, 1.82) is 0 Å². The molecule has 1 heterocycles. The lowest BCUT2D eigenvalue weighted by Gasteiger charge is -2.31. The summed E-state index contributed by atoms with van der Waals surface area (Å²) in [6, 6.07) is 13.9. The van der Waals surface area contributed by atoms with Crippen LogP contribution in [0.5, 0.6) is 0 Å². The molecule has 1 aromatic heterocycles. The molecule has 0 radical (unpaired) electrons. The van der Waals surface area contributed by atoms with Gasteiger partial charge in [0.1, 0.15) is 12.3 Å². The van der Waals surface area contributed by atoms with Crippen LogP contribution in [0.3, 0.4) is 0 Å². The summed E-state index contributed by atoms with van der Waals surface area (Å²) in [7, 11) is 0. The number of amides is 2. The number of carbonyl (C=O) groups excluding carboxylic acids is 2. The van der Waals surface area contributed by atoms with Gasteiger partial charge in [-0.1, -0.05) is 57.0 Å². The van der Waals surface area contributed by atoms with Gasteiger partial charge < -0.3 is 14.2 Å². The molecule has 0 aliphatic carbocycles. The van der Waals surface area contributed by atoms with Crippen molar-refractivity contribution < 1.29 is 14.0 Å². The number of unbranched alkanes of at least 4 members (excludes halogenated alkanes) is 2. The Morgan fingerprint density at radius 3 is 2.40 bits per heavy atom. The maximum atomic E-state index is 13.2. The number of nitrogens with zero attached hydrogens (tertiary/aromatic N) is 2. The lowest BCUT2D eigenvalue weighted by atomic mass is 10.1. The van der Waals surface area contributed by atoms with Crippen LogP contribution in [0.25, 0.3) is 0 Å². The number of carbonyl (C=O) groups is 2. The minimum Gasteiger partial charge on any atom is -0.467 e. The monoisotopic (exact) mass is 412 g/mol. The third-order valence-corrected chi connectivity index (χ3v) is 5.54. The first kappa shape index (κ1) is 23.7. The highest BCUT2D eigenvalue weighted by atomic mass is 16.3. The molecule has 2 aromatic rings. The van der Waals surface area contributed by atoms with Gasteiger partial charge in [0, 0.05) is 19.0 Å². The molecule has 5 nitrogen and oxygen atoms in total. The Labute approximate surface area is 181 Å². The molecule has 0 unspecified atom stereocenters. The van der Waals surface area contributed by atoms with Crippen LogP contribution in [-0.2, 0) is 22.6 Å². The lowest BCUT2D eigenvalue weighted by Crippen LogP contribution is -2.46. The van der Waals surface area contributed by atoms with Gasteiger partial charge in [-0.3, -0.25) is 9.59 Å². The first-order valence-corrected chi connectivity index (χ1v) is 11.2. The Bertz CT molecular complexity index is 743. The molecule has 0 saturated heterocycles. The molecule has 0 spiro atoms. The van der Waals surface area contributed by atoms with Gasteiger partial charge in [0.05, 0.1) is 12.8 Å². The molecule has 164 valence electrons. The standard InChI is InChI=1S/C25H36N2O3/c1-4-6-8-15-24(28)27(21(3)5-2)20-25(29)26(19-23-14-11-18-30-23)17-16-22-12-9-7-10-13-22/h7,9-14,18,21H,4-6,8,15-17,19-20H2,1-3H3/t21-/m1/s1. The molecule has 0 N–H and O–H groups in total. The van der Waals surface area contributed by atoms with Crippen molar-refractivity contribution >= 4 is 11.8 Å². The molecule has 0 aliphatic heterocycles. The normalized spacial score (nSPS) is 11.8. The Morgan fingerprint density at radius 2 is 1.77 bits per heavy atom. The summed E-state index contributed by atoms with van der Waals surface area (Å²) in [6.45, 7) is 7.32. The first-order chi connectivity index (χ1) is 14.5. The molecule has 2 amide bonds. The fourth-order valence-corrected chi connectivity index (χ4v) is 3.42. The Morgan fingerprint density at radius 1 is 1.00 bits per heavy atom. The predicted octanol–water partition coefficient (Wildman–Crippen LogP) is 5.06. The minimum atomic E-state index is -0.0357. The fourth-order valence-electron chi connectivity index (χ4n) is 3.42. The van der Waals surface area contributed by atoms with E-state index in [-0.39, 0.29) is 24.4 Å². The third kappa shape index (κ3) is 7.69. The van der Waals surface area contributed by atoms with Crippen LogP contribution in [0.15, 0.2) is 53.1 Å². The molecule has 1 aromatic carbocycles. The van der Waals surface area contributed by atoms with Gasteiger partial charge in [-0.25, -0.2) is 0 Å². The molecule has 2 rings (SSSR count). The van der Waals surface area contributed by atoms with Crippen LogP contribution in [-0.4, -0.2) is 40.7 Å². The molecule has 0 fully saturated rings. The van der Waals surface area contributed by atoms with Crippen molar-refractivity contribution in [1.82, 2.24) is 9.80 Å². The number of benzene rings is 1. The molecule has 0 saturated carbocycles. The van der Waals surface area contributed by atoms with Gasteiger partial charge >= 0.3 is 0 Å². The highest BCUT2D eigenvalue weighted by Gasteiger charge is 2.24. The number of hydrogen-bond acceptors (Lipinski definition) is 3. The van der Waals surface area contributed by atoms with E-state index in [1.807, 2.05) is 37.3 Å². The fraction of sp³-hybridized carbons (Fsp3) is 0.520. The SMILES string of the molecule is CCCCCC(=O)N(CC(=O)N(CCc1ccccc1)Cc1ccco1)[C@H](C)CC. The van der Waals surface area contributed by atoms with Crippen molar-refractivity contribution in [3.8, 4) is 0 Å². The number of rotatable bonds is 13. The third-order valence-electron chi connectivity index (χ3n) is 5.54. The molecule has 5 heteroatoms. The second-order valence-electron chi connectivity index (χ2n) is 7.87. The van der Waals surface area contributed by atoms with E-state index in [0.29, 0.717) is 19.5 Å². The molecule has 30 heavy (non-hydrogen) atoms. The number of furan rings is 1. The zero-order valence-corrected chi connectivity index (χ0v) is 18.7. The maximum absolute atomic E-state index is 13.2. The van der Waals surface area contributed by atoms with Crippen molar-refractivity contribution in [2.45, 2.75) is 71.9 Å². The van der Waals surface area contributed by atoms with E-state index in [4.69, 9.17) is 4.42 Å². The van der Waals surface area contributed by atoms with E-state index in [9.17, 15) is 9.59 Å². The van der Waals surface area contributed by atoms with Crippen LogP contribution < -0.4 is 0 Å². The minimum absolute atomic E-state index is 0.0357. The smallest absolute Gasteiger partial charge is 0.242 e. The molecular weight excluding hydrogens is 376 g/mol. The van der Waals surface area contributed by atoms with Gasteiger partial charge in [0.2, 0.25) is 11.8 Å². The maximum Gasteiger partial charge on any atom is 0.242 e. The number of hydrogen-bond donors (Lipinski definition) is 0. The average molecular weight is 413 g/mol. The van der Waals surface area contributed by atoms with Crippen LogP contribution >= 0.6 is 0 Å². The van der Waals surface area contributed by atoms with Crippen LogP contribution in [0, 0.1) is 0 Å². The molecule has 0 bridgehead atoms. The second kappa shape index (κ2) is 12.9. The van der Waals surface area contributed by atoms with E-state index in [0.717, 1.165) is 37.9 Å². The van der Waals surface area contributed by atoms with Crippen molar-refractivity contribution in [3.05, 3.63) is 60.1 Å². The van der Waals surface area contributed by atoms with Gasteiger partial charge in [0.15, 0.2) is 0 Å². The predicted molar refractivity (Wildman–Crippen MR) is 120 cm³/mol. The Kier molecular flexibility index (Phi) is 10.2. The largest absolute Gasteiger partial charge is 0.467 e. The Hall–Kier alpha value is -2.56. The van der Waals surface area contributed by atoms with Gasteiger partial charge in [0.25, 0.3) is 0 Å². The average Bonchev–Trinajstić information content (AvgIpc) is 3.28. The van der Waals surface area contributed by atoms with Crippen LogP contribution in [0.1, 0.15) is 64.2 Å². The summed E-state index contributed by atoms with van der Waals surface area (Å²) in [5.41, 5.74) is 1.18. The summed E-state index contributed by atoms with van der Waals surface area (Å²) in [4.78, 5) is 29.6. The topological polar surface area (TPSA) is 53.8 Å². The van der Waals surface area contributed by atoms with Crippen molar-refractivity contribution in [2.24, 2.45) is 0 Å². The van der Waals surface area contributed by atoms with Gasteiger partial charge in [-0.15, -0.1) is 0 Å². The second-order valence-corrected chi connectivity index (χ2v) is 7.87. The van der Waals surface area contributed by atoms with E-state index < -0.39 is 0 Å². The summed E-state index contributed by atoms with van der Waals surface area (Å²) in [6.07, 6.45) is 6.71. The molecular formula is C25H36N2O3. The summed E-state index contributed by atoms with van der Waals surface area (Å²) >= 11 is 0. The molecule has 1 atom stereocenters. The lowest BCUT2D eigenvalue weighted by molar-refractivity contribution is -0.142. The highest BCUT2D eigenvalue weighted by Crippen LogP contribution is 2.13. The Balaban J connectivity index is 2.07. The zero-order chi connectivity index (χ0) is 21.8. The summed E-state index contributed by atoms with van der Waals surface area (Å²) < 4.78 is 5.48. The van der Waals surface area contributed by atoms with E-state index in [1.165, 1.54) is 5.56 Å². The van der Waals surface area contributed by atoms with E-state index in [1.54, 1.807) is 16.1 Å². The first-order valence-electron chi connectivity index (χ1n) is 11.2. The van der Waals surface area contributed by atoms with Crippen LogP contribution in [0.4, 0.5) is 0 Å². The summed E-state index contributed by atoms with van der Waals surface area (Å²) in [5, 5.41) is 0. The highest BCUT2D eigenvalue weighted by molar-refractivity contribution is 5.85. The van der Waals surface area contributed by atoms with Gasteiger partial charge in [-0.2, -0.15) is 0 Å². The van der Waals surface area contributed by atoms with Crippen LogP contribution in [0.2, 0.25) is 0 Å². The van der Waals surface area contributed by atoms with E-state index >= 15 is 0 Å². The van der Waals surface area contributed by atoms with Gasteiger partial charge in [-0.05, 0) is 43.9 Å². The van der Waals surface area contributed by atoms with Crippen molar-refractivity contribution in [2.75, 3.05) is 13.1 Å². The van der Waals surface area contributed by atoms with E-state index in [2.05, 4.69) is 26.0 Å². The zero-order valence-electron chi connectivity index (χ0n) is 18.7. The molecule has 0 aliphatic rings.